The molecule has 0 fully saturated rings. The Labute approximate surface area is 116 Å². The molecule has 2 rings (SSSR count). The number of hydrogen-bond acceptors (Lipinski definition) is 2. The lowest BCUT2D eigenvalue weighted by Gasteiger charge is -2.12. The van der Waals surface area contributed by atoms with Crippen molar-refractivity contribution in [3.63, 3.8) is 0 Å². The molecule has 0 spiro atoms. The van der Waals surface area contributed by atoms with Gasteiger partial charge in [-0.3, -0.25) is 0 Å². The van der Waals surface area contributed by atoms with Gasteiger partial charge in [-0.2, -0.15) is 0 Å². The highest BCUT2D eigenvalue weighted by Gasteiger charge is 2.06. The predicted octanol–water partition coefficient (Wildman–Crippen LogP) is 3.86. The van der Waals surface area contributed by atoms with Crippen LogP contribution in [0.5, 0.6) is 5.75 Å². The average Bonchev–Trinajstić information content (AvgIpc) is 2.40. The summed E-state index contributed by atoms with van der Waals surface area (Å²) < 4.78 is 18.7. The Kier molecular flexibility index (Phi) is 4.40. The second-order valence-corrected chi connectivity index (χ2v) is 4.70. The normalized spacial score (nSPS) is 10.5. The molecular formula is C15H14ClFO2. The summed E-state index contributed by atoms with van der Waals surface area (Å²) in [5.41, 5.74) is 2.32. The zero-order chi connectivity index (χ0) is 13.8. The number of ether oxygens (including phenoxy) is 1. The second-order valence-electron chi connectivity index (χ2n) is 4.29. The van der Waals surface area contributed by atoms with Crippen LogP contribution in [-0.4, -0.2) is 5.11 Å². The van der Waals surface area contributed by atoms with Crippen molar-refractivity contribution in [2.24, 2.45) is 0 Å². The van der Waals surface area contributed by atoms with Gasteiger partial charge < -0.3 is 9.84 Å². The molecule has 0 aliphatic rings. The third kappa shape index (κ3) is 3.46. The highest BCUT2D eigenvalue weighted by molar-refractivity contribution is 6.31. The first-order valence-electron chi connectivity index (χ1n) is 5.87. The zero-order valence-corrected chi connectivity index (χ0v) is 11.2. The van der Waals surface area contributed by atoms with Crippen LogP contribution in [0.1, 0.15) is 16.7 Å². The number of halogens is 2. The molecule has 0 aliphatic carbocycles. The van der Waals surface area contributed by atoms with Gasteiger partial charge in [-0.15, -0.1) is 0 Å². The molecule has 19 heavy (non-hydrogen) atoms. The Balaban J connectivity index is 2.16. The van der Waals surface area contributed by atoms with E-state index >= 15 is 0 Å². The van der Waals surface area contributed by atoms with Crippen molar-refractivity contribution >= 4 is 11.6 Å². The number of benzene rings is 2. The monoisotopic (exact) mass is 280 g/mol. The molecule has 0 atom stereocenters. The van der Waals surface area contributed by atoms with E-state index in [9.17, 15) is 9.50 Å². The van der Waals surface area contributed by atoms with Crippen molar-refractivity contribution in [3.8, 4) is 5.75 Å². The first kappa shape index (κ1) is 13.8. The van der Waals surface area contributed by atoms with E-state index in [4.69, 9.17) is 16.3 Å². The van der Waals surface area contributed by atoms with Crippen LogP contribution >= 0.6 is 11.6 Å². The topological polar surface area (TPSA) is 29.5 Å². The van der Waals surface area contributed by atoms with Gasteiger partial charge in [0.1, 0.15) is 18.2 Å². The number of aliphatic hydroxyl groups excluding tert-OH is 1. The van der Waals surface area contributed by atoms with E-state index in [1.165, 1.54) is 18.2 Å². The smallest absolute Gasteiger partial charge is 0.125 e. The van der Waals surface area contributed by atoms with Crippen LogP contribution in [-0.2, 0) is 13.2 Å². The van der Waals surface area contributed by atoms with Crippen molar-refractivity contribution in [3.05, 3.63) is 63.9 Å². The van der Waals surface area contributed by atoms with Crippen LogP contribution in [0.15, 0.2) is 36.4 Å². The Morgan fingerprint density at radius 1 is 1.16 bits per heavy atom. The second kappa shape index (κ2) is 6.04. The standard InChI is InChI=1S/C15H14ClFO2/c1-10-2-5-15(11(6-10)8-18)19-9-12-7-13(17)3-4-14(12)16/h2-7,18H,8-9H2,1H3. The molecule has 0 saturated heterocycles. The summed E-state index contributed by atoms with van der Waals surface area (Å²) in [6.45, 7) is 1.99. The van der Waals surface area contributed by atoms with E-state index in [2.05, 4.69) is 0 Å². The maximum absolute atomic E-state index is 13.1. The van der Waals surface area contributed by atoms with Crippen LogP contribution in [0.4, 0.5) is 4.39 Å². The summed E-state index contributed by atoms with van der Waals surface area (Å²) >= 11 is 5.97. The minimum absolute atomic E-state index is 0.103. The van der Waals surface area contributed by atoms with E-state index in [0.717, 1.165) is 5.56 Å². The SMILES string of the molecule is Cc1ccc(OCc2cc(F)ccc2Cl)c(CO)c1. The Morgan fingerprint density at radius 2 is 1.95 bits per heavy atom. The molecule has 0 bridgehead atoms. The van der Waals surface area contributed by atoms with Gasteiger partial charge in [0.15, 0.2) is 0 Å². The molecule has 0 aliphatic heterocycles. The van der Waals surface area contributed by atoms with Gasteiger partial charge in [0.2, 0.25) is 0 Å². The Bertz CT molecular complexity index is 584. The third-order valence-corrected chi connectivity index (χ3v) is 3.15. The fourth-order valence-electron chi connectivity index (χ4n) is 1.78. The van der Waals surface area contributed by atoms with Crippen LogP contribution in [0.3, 0.4) is 0 Å². The molecule has 0 amide bonds. The van der Waals surface area contributed by atoms with Gasteiger partial charge >= 0.3 is 0 Å². The molecule has 2 nitrogen and oxygen atoms in total. The molecule has 2 aromatic rings. The van der Waals surface area contributed by atoms with E-state index < -0.39 is 0 Å². The maximum atomic E-state index is 13.1. The first-order valence-corrected chi connectivity index (χ1v) is 6.25. The zero-order valence-electron chi connectivity index (χ0n) is 10.5. The number of hydrogen-bond donors (Lipinski definition) is 1. The van der Waals surface area contributed by atoms with Crippen molar-refractivity contribution in [2.75, 3.05) is 0 Å². The number of aryl methyl sites for hydroxylation is 1. The van der Waals surface area contributed by atoms with Gasteiger partial charge in [0.05, 0.1) is 6.61 Å². The lowest BCUT2D eigenvalue weighted by Crippen LogP contribution is -2.00. The molecule has 0 unspecified atom stereocenters. The van der Waals surface area contributed by atoms with Crippen molar-refractivity contribution in [1.29, 1.82) is 0 Å². The van der Waals surface area contributed by atoms with E-state index in [1.54, 1.807) is 6.07 Å². The van der Waals surface area contributed by atoms with Gasteiger partial charge in [-0.25, -0.2) is 4.39 Å². The third-order valence-electron chi connectivity index (χ3n) is 2.78. The highest BCUT2D eigenvalue weighted by Crippen LogP contribution is 2.23. The molecule has 0 aromatic heterocycles. The fraction of sp³-hybridized carbons (Fsp3) is 0.200. The van der Waals surface area contributed by atoms with Crippen LogP contribution in [0.2, 0.25) is 5.02 Å². The van der Waals surface area contributed by atoms with Crippen LogP contribution < -0.4 is 4.74 Å². The molecule has 0 radical (unpaired) electrons. The summed E-state index contributed by atoms with van der Waals surface area (Å²) in [6, 6.07) is 9.67. The molecular weight excluding hydrogens is 267 g/mol. The Morgan fingerprint density at radius 3 is 2.68 bits per heavy atom. The molecule has 2 aromatic carbocycles. The number of aliphatic hydroxyl groups is 1. The van der Waals surface area contributed by atoms with Gasteiger partial charge in [-0.05, 0) is 31.2 Å². The van der Waals surface area contributed by atoms with Crippen molar-refractivity contribution in [1.82, 2.24) is 0 Å². The first-order chi connectivity index (χ1) is 9.10. The molecule has 1 N–H and O–H groups in total. The van der Waals surface area contributed by atoms with E-state index in [-0.39, 0.29) is 19.0 Å². The Hall–Kier alpha value is -1.58. The lowest BCUT2D eigenvalue weighted by atomic mass is 10.1. The van der Waals surface area contributed by atoms with Crippen LogP contribution in [0, 0.1) is 12.7 Å². The van der Waals surface area contributed by atoms with Gasteiger partial charge in [-0.1, -0.05) is 29.3 Å². The molecule has 4 heteroatoms. The summed E-state index contributed by atoms with van der Waals surface area (Å²) in [5.74, 6) is 0.225. The largest absolute Gasteiger partial charge is 0.488 e. The minimum Gasteiger partial charge on any atom is -0.488 e. The maximum Gasteiger partial charge on any atom is 0.125 e. The molecule has 0 saturated carbocycles. The fourth-order valence-corrected chi connectivity index (χ4v) is 1.95. The lowest BCUT2D eigenvalue weighted by molar-refractivity contribution is 0.258. The summed E-state index contributed by atoms with van der Waals surface area (Å²) in [5, 5.41) is 9.73. The van der Waals surface area contributed by atoms with E-state index in [1.807, 2.05) is 19.1 Å². The molecule has 0 heterocycles. The van der Waals surface area contributed by atoms with Crippen molar-refractivity contribution in [2.45, 2.75) is 20.1 Å². The highest BCUT2D eigenvalue weighted by atomic mass is 35.5. The van der Waals surface area contributed by atoms with E-state index in [0.29, 0.717) is 21.9 Å². The summed E-state index contributed by atoms with van der Waals surface area (Å²) in [4.78, 5) is 0. The van der Waals surface area contributed by atoms with Gasteiger partial charge in [0, 0.05) is 16.1 Å². The average molecular weight is 281 g/mol. The minimum atomic E-state index is -0.353. The number of rotatable bonds is 4. The van der Waals surface area contributed by atoms with Crippen molar-refractivity contribution < 1.29 is 14.2 Å². The predicted molar refractivity (Wildman–Crippen MR) is 72.8 cm³/mol. The summed E-state index contributed by atoms with van der Waals surface area (Å²) in [6.07, 6.45) is 0. The molecule has 100 valence electrons. The van der Waals surface area contributed by atoms with Crippen LogP contribution in [0.25, 0.3) is 0 Å². The quantitative estimate of drug-likeness (QED) is 0.921. The summed E-state index contributed by atoms with van der Waals surface area (Å²) in [7, 11) is 0. The van der Waals surface area contributed by atoms with Gasteiger partial charge in [0.25, 0.3) is 0 Å².